The summed E-state index contributed by atoms with van der Waals surface area (Å²) in [6, 6.07) is 0.309. The molecule has 0 aliphatic carbocycles. The zero-order valence-electron chi connectivity index (χ0n) is 14.7. The van der Waals surface area contributed by atoms with Gasteiger partial charge >= 0.3 is 0 Å². The maximum Gasteiger partial charge on any atom is 0.165 e. The zero-order valence-corrected chi connectivity index (χ0v) is 14.7. The Kier molecular flexibility index (Phi) is 3.51. The first-order valence-corrected chi connectivity index (χ1v) is 8.54. The number of anilines is 1. The Morgan fingerprint density at radius 1 is 1.21 bits per heavy atom. The molecular weight excluding hydrogens is 302 g/mol. The van der Waals surface area contributed by atoms with Crippen LogP contribution in [0, 0.1) is 13.8 Å². The highest BCUT2D eigenvalue weighted by Gasteiger charge is 2.32. The third kappa shape index (κ3) is 2.11. The molecule has 0 spiro atoms. The highest BCUT2D eigenvalue weighted by Crippen LogP contribution is 2.39. The van der Waals surface area contributed by atoms with E-state index in [0.29, 0.717) is 6.04 Å². The number of rotatable bonds is 3. The Morgan fingerprint density at radius 3 is 2.75 bits per heavy atom. The Bertz CT molecular complexity index is 892. The van der Waals surface area contributed by atoms with Crippen LogP contribution in [0.15, 0.2) is 12.7 Å². The van der Waals surface area contributed by atoms with Gasteiger partial charge in [0.15, 0.2) is 17.0 Å². The predicted octanol–water partition coefficient (Wildman–Crippen LogP) is 2.54. The van der Waals surface area contributed by atoms with E-state index in [0.717, 1.165) is 48.6 Å². The van der Waals surface area contributed by atoms with E-state index in [9.17, 15) is 0 Å². The lowest BCUT2D eigenvalue weighted by molar-refractivity contribution is 0.694. The molecule has 4 rings (SSSR count). The molecule has 0 N–H and O–H groups in total. The smallest absolute Gasteiger partial charge is 0.165 e. The molecule has 0 unspecified atom stereocenters. The van der Waals surface area contributed by atoms with Gasteiger partial charge in [-0.1, -0.05) is 0 Å². The monoisotopic (exact) mass is 325 g/mol. The van der Waals surface area contributed by atoms with Gasteiger partial charge in [-0.3, -0.25) is 4.68 Å². The topological polar surface area (TPSA) is 64.7 Å². The summed E-state index contributed by atoms with van der Waals surface area (Å²) < 4.78 is 4.04. The average Bonchev–Trinajstić information content (AvgIpc) is 3.25. The molecule has 1 fully saturated rings. The van der Waals surface area contributed by atoms with Gasteiger partial charge in [0, 0.05) is 31.4 Å². The fourth-order valence-electron chi connectivity index (χ4n) is 3.90. The summed E-state index contributed by atoms with van der Waals surface area (Å²) in [5.41, 5.74) is 5.47. The van der Waals surface area contributed by atoms with Crippen molar-refractivity contribution in [3.05, 3.63) is 29.6 Å². The first-order chi connectivity index (χ1) is 11.6. The summed E-state index contributed by atoms with van der Waals surface area (Å²) in [5, 5.41) is 4.60. The molecule has 0 amide bonds. The molecule has 0 saturated carbocycles. The van der Waals surface area contributed by atoms with Crippen molar-refractivity contribution in [1.82, 2.24) is 29.3 Å². The quantitative estimate of drug-likeness (QED) is 0.740. The number of hydrogen-bond donors (Lipinski definition) is 0. The van der Waals surface area contributed by atoms with Gasteiger partial charge in [0.1, 0.15) is 6.33 Å². The number of fused-ring (bicyclic) bond motifs is 1. The van der Waals surface area contributed by atoms with Crippen LogP contribution in [0.25, 0.3) is 11.2 Å². The van der Waals surface area contributed by atoms with Gasteiger partial charge in [-0.15, -0.1) is 0 Å². The lowest BCUT2D eigenvalue weighted by Gasteiger charge is -2.26. The van der Waals surface area contributed by atoms with Crippen LogP contribution < -0.4 is 4.90 Å². The highest BCUT2D eigenvalue weighted by atomic mass is 15.3. The maximum atomic E-state index is 4.60. The van der Waals surface area contributed by atoms with Crippen molar-refractivity contribution in [2.75, 3.05) is 11.4 Å². The summed E-state index contributed by atoms with van der Waals surface area (Å²) in [6.45, 7) is 8.19. The molecule has 3 aromatic heterocycles. The van der Waals surface area contributed by atoms with E-state index in [1.807, 2.05) is 18.1 Å². The second-order valence-corrected chi connectivity index (χ2v) is 6.46. The number of aryl methyl sites for hydroxylation is 3. The predicted molar refractivity (Wildman–Crippen MR) is 93.0 cm³/mol. The Balaban J connectivity index is 1.83. The van der Waals surface area contributed by atoms with E-state index in [1.54, 1.807) is 6.33 Å². The van der Waals surface area contributed by atoms with Crippen molar-refractivity contribution in [3.63, 3.8) is 0 Å². The van der Waals surface area contributed by atoms with Crippen molar-refractivity contribution >= 4 is 17.0 Å². The molecule has 7 heteroatoms. The SMILES string of the molecule is CCn1cnc2c(N3CCC[C@H]3c3c(C)nn(C)c3C)ncnc21. The molecule has 4 heterocycles. The summed E-state index contributed by atoms with van der Waals surface area (Å²) >= 11 is 0. The number of aromatic nitrogens is 6. The standard InChI is InChI=1S/C17H23N7/c1-5-23-10-20-15-16(23)18-9-19-17(15)24-8-6-7-13(24)14-11(2)21-22(4)12(14)3/h9-10,13H,5-8H2,1-4H3/t13-/m0/s1. The highest BCUT2D eigenvalue weighted by molar-refractivity contribution is 5.83. The Labute approximate surface area is 141 Å². The van der Waals surface area contributed by atoms with E-state index in [-0.39, 0.29) is 0 Å². The molecule has 1 aliphatic heterocycles. The van der Waals surface area contributed by atoms with Crippen LogP contribution in [0.5, 0.6) is 0 Å². The minimum atomic E-state index is 0.309. The van der Waals surface area contributed by atoms with E-state index < -0.39 is 0 Å². The van der Waals surface area contributed by atoms with Crippen molar-refractivity contribution in [2.45, 2.75) is 46.2 Å². The lowest BCUT2D eigenvalue weighted by atomic mass is 10.0. The van der Waals surface area contributed by atoms with E-state index >= 15 is 0 Å². The van der Waals surface area contributed by atoms with Gasteiger partial charge in [-0.2, -0.15) is 5.10 Å². The third-order valence-electron chi connectivity index (χ3n) is 5.15. The van der Waals surface area contributed by atoms with Crippen molar-refractivity contribution < 1.29 is 0 Å². The molecule has 24 heavy (non-hydrogen) atoms. The molecule has 7 nitrogen and oxygen atoms in total. The molecule has 0 bridgehead atoms. The van der Waals surface area contributed by atoms with Crippen molar-refractivity contribution in [3.8, 4) is 0 Å². The maximum absolute atomic E-state index is 4.60. The zero-order chi connectivity index (χ0) is 16.8. The van der Waals surface area contributed by atoms with Crippen LogP contribution >= 0.6 is 0 Å². The van der Waals surface area contributed by atoms with Crippen LogP contribution in [0.2, 0.25) is 0 Å². The Hall–Kier alpha value is -2.44. The molecule has 1 aliphatic rings. The van der Waals surface area contributed by atoms with E-state index in [1.165, 1.54) is 11.3 Å². The fraction of sp³-hybridized carbons (Fsp3) is 0.529. The van der Waals surface area contributed by atoms with Crippen molar-refractivity contribution in [2.24, 2.45) is 7.05 Å². The van der Waals surface area contributed by atoms with Crippen LogP contribution in [0.1, 0.15) is 42.8 Å². The van der Waals surface area contributed by atoms with Gasteiger partial charge in [-0.05, 0) is 33.6 Å². The number of imidazole rings is 1. The second kappa shape index (κ2) is 5.58. The number of hydrogen-bond acceptors (Lipinski definition) is 5. The molecule has 1 saturated heterocycles. The van der Waals surface area contributed by atoms with E-state index in [2.05, 4.69) is 50.3 Å². The largest absolute Gasteiger partial charge is 0.347 e. The fourth-order valence-corrected chi connectivity index (χ4v) is 3.90. The minimum absolute atomic E-state index is 0.309. The third-order valence-corrected chi connectivity index (χ3v) is 5.15. The van der Waals surface area contributed by atoms with Crippen LogP contribution in [0.4, 0.5) is 5.82 Å². The normalized spacial score (nSPS) is 18.0. The minimum Gasteiger partial charge on any atom is -0.347 e. The van der Waals surface area contributed by atoms with Crippen LogP contribution in [-0.2, 0) is 13.6 Å². The van der Waals surface area contributed by atoms with E-state index in [4.69, 9.17) is 0 Å². The molecule has 126 valence electrons. The summed E-state index contributed by atoms with van der Waals surface area (Å²) in [6.07, 6.45) is 5.78. The first-order valence-electron chi connectivity index (χ1n) is 8.54. The van der Waals surface area contributed by atoms with Gasteiger partial charge in [0.25, 0.3) is 0 Å². The van der Waals surface area contributed by atoms with Gasteiger partial charge in [0.2, 0.25) is 0 Å². The number of nitrogens with zero attached hydrogens (tertiary/aromatic N) is 7. The van der Waals surface area contributed by atoms with Gasteiger partial charge in [0.05, 0.1) is 18.1 Å². The molecule has 0 radical (unpaired) electrons. The molecule has 1 atom stereocenters. The first kappa shape index (κ1) is 15.1. The van der Waals surface area contributed by atoms with Gasteiger partial charge < -0.3 is 9.47 Å². The van der Waals surface area contributed by atoms with Gasteiger partial charge in [-0.25, -0.2) is 15.0 Å². The second-order valence-electron chi connectivity index (χ2n) is 6.46. The van der Waals surface area contributed by atoms with Crippen molar-refractivity contribution in [1.29, 1.82) is 0 Å². The molecular formula is C17H23N7. The average molecular weight is 325 g/mol. The van der Waals surface area contributed by atoms with Crippen LogP contribution in [0.3, 0.4) is 0 Å². The summed E-state index contributed by atoms with van der Waals surface area (Å²) in [4.78, 5) is 16.0. The van der Waals surface area contributed by atoms with Crippen LogP contribution in [-0.4, -0.2) is 35.8 Å². The summed E-state index contributed by atoms with van der Waals surface area (Å²) in [5.74, 6) is 0.942. The summed E-state index contributed by atoms with van der Waals surface area (Å²) in [7, 11) is 2.01. The Morgan fingerprint density at radius 2 is 2.04 bits per heavy atom. The lowest BCUT2D eigenvalue weighted by Crippen LogP contribution is -2.25. The molecule has 3 aromatic rings. The molecule has 0 aromatic carbocycles.